The Morgan fingerprint density at radius 1 is 1.47 bits per heavy atom. The summed E-state index contributed by atoms with van der Waals surface area (Å²) in [5.41, 5.74) is 0.486. The number of hydrogen-bond acceptors (Lipinski definition) is 3. The van der Waals surface area contributed by atoms with Crippen molar-refractivity contribution in [3.05, 3.63) is 28.8 Å². The van der Waals surface area contributed by atoms with E-state index in [1.807, 2.05) is 0 Å². The second kappa shape index (κ2) is 5.11. The van der Waals surface area contributed by atoms with Crippen molar-refractivity contribution in [3.63, 3.8) is 0 Å². The molecule has 1 unspecified atom stereocenters. The third kappa shape index (κ3) is 3.26. The molecule has 0 amide bonds. The van der Waals surface area contributed by atoms with Crippen LogP contribution < -0.4 is 4.72 Å². The summed E-state index contributed by atoms with van der Waals surface area (Å²) in [4.78, 5) is 11.1. The lowest BCUT2D eigenvalue weighted by atomic mass is 10.2. The molecule has 0 saturated heterocycles. The Hall–Kier alpha value is -1.11. The first-order chi connectivity index (χ1) is 8.81. The van der Waals surface area contributed by atoms with Gasteiger partial charge in [0.15, 0.2) is 0 Å². The number of carbonyl (C=O) groups is 1. The van der Waals surface area contributed by atoms with E-state index >= 15 is 0 Å². The maximum Gasteiger partial charge on any atom is 0.322 e. The highest BCUT2D eigenvalue weighted by atomic mass is 35.5. The molecular weight excluding hydrogens is 290 g/mol. The fraction of sp³-hybridized carbons (Fsp3) is 0.417. The van der Waals surface area contributed by atoms with Gasteiger partial charge in [0.05, 0.1) is 4.90 Å². The van der Waals surface area contributed by atoms with Crippen LogP contribution in [0.3, 0.4) is 0 Å². The lowest BCUT2D eigenvalue weighted by molar-refractivity contribution is -0.139. The summed E-state index contributed by atoms with van der Waals surface area (Å²) in [6.45, 7) is 1.62. The van der Waals surface area contributed by atoms with Gasteiger partial charge in [-0.3, -0.25) is 4.79 Å². The van der Waals surface area contributed by atoms with Crippen molar-refractivity contribution in [3.8, 4) is 0 Å². The standard InChI is InChI=1S/C12H14ClNO4S/c1-7-6-9(13)4-5-10(7)19(17,18)14-11(12(15)16)8-2-3-8/h4-6,8,11,14H,2-3H2,1H3,(H,15,16). The van der Waals surface area contributed by atoms with Crippen LogP contribution in [0, 0.1) is 12.8 Å². The van der Waals surface area contributed by atoms with E-state index in [1.54, 1.807) is 6.92 Å². The number of benzene rings is 1. The quantitative estimate of drug-likeness (QED) is 0.868. The molecule has 0 bridgehead atoms. The Kier molecular flexibility index (Phi) is 3.85. The van der Waals surface area contributed by atoms with Crippen LogP contribution in [0.1, 0.15) is 18.4 Å². The number of carboxylic acids is 1. The van der Waals surface area contributed by atoms with Gasteiger partial charge in [0.1, 0.15) is 6.04 Å². The molecule has 19 heavy (non-hydrogen) atoms. The highest BCUT2D eigenvalue weighted by molar-refractivity contribution is 7.89. The first-order valence-corrected chi connectivity index (χ1v) is 7.68. The summed E-state index contributed by atoms with van der Waals surface area (Å²) >= 11 is 5.77. The average Bonchev–Trinajstić information content (AvgIpc) is 3.08. The van der Waals surface area contributed by atoms with E-state index in [9.17, 15) is 13.2 Å². The van der Waals surface area contributed by atoms with Gasteiger partial charge in [0, 0.05) is 5.02 Å². The lowest BCUT2D eigenvalue weighted by Gasteiger charge is -2.15. The highest BCUT2D eigenvalue weighted by Gasteiger charge is 2.39. The Labute approximate surface area is 116 Å². The first-order valence-electron chi connectivity index (χ1n) is 5.82. The summed E-state index contributed by atoms with van der Waals surface area (Å²) < 4.78 is 26.6. The van der Waals surface area contributed by atoms with Gasteiger partial charge in [-0.15, -0.1) is 0 Å². The number of rotatable bonds is 5. The lowest BCUT2D eigenvalue weighted by Crippen LogP contribution is -2.42. The predicted octanol–water partition coefficient (Wildman–Crippen LogP) is 1.79. The smallest absolute Gasteiger partial charge is 0.322 e. The molecular formula is C12H14ClNO4S. The number of nitrogens with one attached hydrogen (secondary N) is 1. The molecule has 0 spiro atoms. The van der Waals surface area contributed by atoms with Gasteiger partial charge in [-0.1, -0.05) is 11.6 Å². The first kappa shape index (κ1) is 14.3. The van der Waals surface area contributed by atoms with Crippen molar-refractivity contribution >= 4 is 27.6 Å². The molecule has 0 heterocycles. The highest BCUT2D eigenvalue weighted by Crippen LogP contribution is 2.33. The van der Waals surface area contributed by atoms with E-state index in [1.165, 1.54) is 18.2 Å². The number of hydrogen-bond donors (Lipinski definition) is 2. The van der Waals surface area contributed by atoms with Crippen molar-refractivity contribution in [2.24, 2.45) is 5.92 Å². The van der Waals surface area contributed by atoms with Crippen molar-refractivity contribution in [1.82, 2.24) is 4.72 Å². The van der Waals surface area contributed by atoms with Gasteiger partial charge in [-0.25, -0.2) is 8.42 Å². The molecule has 2 rings (SSSR count). The SMILES string of the molecule is Cc1cc(Cl)ccc1S(=O)(=O)NC(C(=O)O)C1CC1. The topological polar surface area (TPSA) is 83.5 Å². The second-order valence-electron chi connectivity index (χ2n) is 4.68. The van der Waals surface area contributed by atoms with E-state index in [2.05, 4.69) is 4.72 Å². The average molecular weight is 304 g/mol. The van der Waals surface area contributed by atoms with E-state index < -0.39 is 22.0 Å². The molecule has 0 radical (unpaired) electrons. The summed E-state index contributed by atoms with van der Waals surface area (Å²) in [5, 5.41) is 9.50. The molecule has 104 valence electrons. The molecule has 1 fully saturated rings. The molecule has 2 N–H and O–H groups in total. The molecule has 7 heteroatoms. The summed E-state index contributed by atoms with van der Waals surface area (Å²) in [6, 6.07) is 3.32. The minimum absolute atomic E-state index is 0.0591. The number of aryl methyl sites for hydroxylation is 1. The predicted molar refractivity (Wildman–Crippen MR) is 70.7 cm³/mol. The van der Waals surface area contributed by atoms with Gasteiger partial charge in [0.2, 0.25) is 10.0 Å². The number of aliphatic carboxylic acids is 1. The Balaban J connectivity index is 2.29. The zero-order valence-corrected chi connectivity index (χ0v) is 11.8. The molecule has 1 aromatic rings. The van der Waals surface area contributed by atoms with E-state index in [0.29, 0.717) is 10.6 Å². The monoisotopic (exact) mass is 303 g/mol. The summed E-state index contributed by atoms with van der Waals surface area (Å²) in [7, 11) is -3.85. The molecule has 0 aromatic heterocycles. The van der Waals surface area contributed by atoms with Gasteiger partial charge >= 0.3 is 5.97 Å². The molecule has 1 aliphatic carbocycles. The van der Waals surface area contributed by atoms with E-state index in [-0.39, 0.29) is 10.8 Å². The summed E-state index contributed by atoms with van der Waals surface area (Å²) in [6.07, 6.45) is 1.47. The molecule has 5 nitrogen and oxygen atoms in total. The number of halogens is 1. The van der Waals surface area contributed by atoms with Crippen LogP contribution in [-0.4, -0.2) is 25.5 Å². The number of sulfonamides is 1. The number of carboxylic acid groups (broad SMARTS) is 1. The fourth-order valence-electron chi connectivity index (χ4n) is 1.92. The normalized spacial score (nSPS) is 17.2. The van der Waals surface area contributed by atoms with Gasteiger partial charge < -0.3 is 5.11 Å². The van der Waals surface area contributed by atoms with Gasteiger partial charge in [-0.2, -0.15) is 4.72 Å². The third-order valence-corrected chi connectivity index (χ3v) is 4.90. The van der Waals surface area contributed by atoms with Crippen LogP contribution in [0.15, 0.2) is 23.1 Å². The minimum Gasteiger partial charge on any atom is -0.480 e. The van der Waals surface area contributed by atoms with Gasteiger partial charge in [0.25, 0.3) is 0 Å². The van der Waals surface area contributed by atoms with Crippen molar-refractivity contribution in [2.75, 3.05) is 0 Å². The molecule has 0 aliphatic heterocycles. The van der Waals surface area contributed by atoms with Crippen LogP contribution >= 0.6 is 11.6 Å². The maximum atomic E-state index is 12.2. The van der Waals surface area contributed by atoms with Crippen LogP contribution in [0.25, 0.3) is 0 Å². The zero-order valence-electron chi connectivity index (χ0n) is 10.3. The fourth-order valence-corrected chi connectivity index (χ4v) is 3.63. The largest absolute Gasteiger partial charge is 0.480 e. The van der Waals surface area contributed by atoms with Crippen LogP contribution in [-0.2, 0) is 14.8 Å². The molecule has 1 atom stereocenters. The van der Waals surface area contributed by atoms with Gasteiger partial charge in [-0.05, 0) is 49.4 Å². The third-order valence-electron chi connectivity index (χ3n) is 3.07. The molecule has 1 aromatic carbocycles. The van der Waals surface area contributed by atoms with Crippen LogP contribution in [0.5, 0.6) is 0 Å². The van der Waals surface area contributed by atoms with Crippen molar-refractivity contribution in [2.45, 2.75) is 30.7 Å². The zero-order chi connectivity index (χ0) is 14.2. The van der Waals surface area contributed by atoms with Crippen molar-refractivity contribution < 1.29 is 18.3 Å². The maximum absolute atomic E-state index is 12.2. The van der Waals surface area contributed by atoms with E-state index in [0.717, 1.165) is 12.8 Å². The van der Waals surface area contributed by atoms with Crippen LogP contribution in [0.4, 0.5) is 0 Å². The Morgan fingerprint density at radius 3 is 2.58 bits per heavy atom. The molecule has 1 aliphatic rings. The molecule has 1 saturated carbocycles. The Morgan fingerprint density at radius 2 is 2.11 bits per heavy atom. The minimum atomic E-state index is -3.85. The summed E-state index contributed by atoms with van der Waals surface area (Å²) in [5.74, 6) is -1.25. The van der Waals surface area contributed by atoms with E-state index in [4.69, 9.17) is 16.7 Å². The van der Waals surface area contributed by atoms with Crippen molar-refractivity contribution in [1.29, 1.82) is 0 Å². The second-order valence-corrected chi connectivity index (χ2v) is 6.80. The van der Waals surface area contributed by atoms with Crippen LogP contribution in [0.2, 0.25) is 5.02 Å². The Bertz CT molecular complexity index is 610.